The minimum Gasteiger partial charge on any atom is -0.378 e. The smallest absolute Gasteiger partial charge is 0.0737 e. The summed E-state index contributed by atoms with van der Waals surface area (Å²) in [4.78, 5) is 4.32. The van der Waals surface area contributed by atoms with Gasteiger partial charge in [0.1, 0.15) is 0 Å². The minimum atomic E-state index is -0.199. The van der Waals surface area contributed by atoms with Crippen LogP contribution in [0.2, 0.25) is 5.02 Å². The van der Waals surface area contributed by atoms with Crippen LogP contribution < -0.4 is 5.32 Å². The summed E-state index contributed by atoms with van der Waals surface area (Å²) in [5.41, 5.74) is 1.70. The zero-order valence-corrected chi connectivity index (χ0v) is 12.2. The number of pyridine rings is 1. The first-order valence-electron chi connectivity index (χ1n) is 5.87. The molecule has 18 heavy (non-hydrogen) atoms. The molecule has 0 amide bonds. The Labute approximate surface area is 117 Å². The predicted octanol–water partition coefficient (Wildman–Crippen LogP) is 4.71. The molecule has 0 saturated carbocycles. The maximum Gasteiger partial charge on any atom is 0.0737 e. The molecule has 0 spiro atoms. The van der Waals surface area contributed by atoms with Gasteiger partial charge in [0.2, 0.25) is 0 Å². The van der Waals surface area contributed by atoms with Gasteiger partial charge in [0, 0.05) is 27.8 Å². The summed E-state index contributed by atoms with van der Waals surface area (Å²) >= 11 is 12.2. The van der Waals surface area contributed by atoms with E-state index in [1.54, 1.807) is 6.20 Å². The number of benzene rings is 1. The standard InChI is InChI=1S/C14H16Cl2N2/c1-9(15)14(2,3)18-12-6-7-17-13-8-10(16)4-5-11(12)13/h4-9H,1-3H3,(H,17,18). The number of rotatable bonds is 3. The number of nitrogens with one attached hydrogen (secondary N) is 1. The van der Waals surface area contributed by atoms with Crippen molar-refractivity contribution >= 4 is 39.8 Å². The van der Waals surface area contributed by atoms with Gasteiger partial charge in [-0.25, -0.2) is 0 Å². The second-order valence-corrected chi connectivity index (χ2v) is 6.07. The van der Waals surface area contributed by atoms with E-state index in [-0.39, 0.29) is 10.9 Å². The molecule has 1 heterocycles. The normalized spacial score (nSPS) is 13.6. The van der Waals surface area contributed by atoms with Crippen molar-refractivity contribution in [2.45, 2.75) is 31.7 Å². The van der Waals surface area contributed by atoms with E-state index in [0.29, 0.717) is 5.02 Å². The van der Waals surface area contributed by atoms with Crippen molar-refractivity contribution < 1.29 is 0 Å². The fourth-order valence-corrected chi connectivity index (χ4v) is 1.90. The van der Waals surface area contributed by atoms with Gasteiger partial charge in [-0.3, -0.25) is 4.98 Å². The lowest BCUT2D eigenvalue weighted by atomic mass is 10.0. The molecule has 0 aliphatic heterocycles. The molecule has 0 bridgehead atoms. The van der Waals surface area contributed by atoms with E-state index >= 15 is 0 Å². The number of aromatic nitrogens is 1. The van der Waals surface area contributed by atoms with Crippen LogP contribution in [0.5, 0.6) is 0 Å². The lowest BCUT2D eigenvalue weighted by Gasteiger charge is -2.30. The summed E-state index contributed by atoms with van der Waals surface area (Å²) in [6.45, 7) is 6.13. The number of halogens is 2. The molecular weight excluding hydrogens is 267 g/mol. The quantitative estimate of drug-likeness (QED) is 0.825. The highest BCUT2D eigenvalue weighted by molar-refractivity contribution is 6.31. The molecule has 0 aliphatic rings. The molecule has 2 nitrogen and oxygen atoms in total. The molecule has 1 unspecified atom stereocenters. The second-order valence-electron chi connectivity index (χ2n) is 4.98. The van der Waals surface area contributed by atoms with Gasteiger partial charge in [0.25, 0.3) is 0 Å². The van der Waals surface area contributed by atoms with Crippen molar-refractivity contribution in [3.8, 4) is 0 Å². The van der Waals surface area contributed by atoms with E-state index < -0.39 is 0 Å². The van der Waals surface area contributed by atoms with Crippen molar-refractivity contribution in [2.75, 3.05) is 5.32 Å². The van der Waals surface area contributed by atoms with Crippen molar-refractivity contribution in [1.82, 2.24) is 4.98 Å². The van der Waals surface area contributed by atoms with Crippen LogP contribution >= 0.6 is 23.2 Å². The van der Waals surface area contributed by atoms with E-state index in [1.807, 2.05) is 31.2 Å². The van der Waals surface area contributed by atoms with Crippen LogP contribution in [0.25, 0.3) is 10.9 Å². The van der Waals surface area contributed by atoms with E-state index in [1.165, 1.54) is 0 Å². The third kappa shape index (κ3) is 2.70. The minimum absolute atomic E-state index is 0.00742. The number of alkyl halides is 1. The molecule has 4 heteroatoms. The average Bonchev–Trinajstić information content (AvgIpc) is 2.28. The maximum absolute atomic E-state index is 6.20. The fourth-order valence-electron chi connectivity index (χ4n) is 1.68. The Morgan fingerprint density at radius 3 is 2.67 bits per heavy atom. The largest absolute Gasteiger partial charge is 0.378 e. The van der Waals surface area contributed by atoms with Gasteiger partial charge < -0.3 is 5.32 Å². The highest BCUT2D eigenvalue weighted by atomic mass is 35.5. The Kier molecular flexibility index (Phi) is 3.69. The van der Waals surface area contributed by atoms with Gasteiger partial charge in [-0.05, 0) is 45.0 Å². The van der Waals surface area contributed by atoms with Crippen LogP contribution in [0.1, 0.15) is 20.8 Å². The van der Waals surface area contributed by atoms with Crippen molar-refractivity contribution in [2.24, 2.45) is 0 Å². The third-order valence-corrected chi connectivity index (χ3v) is 3.94. The van der Waals surface area contributed by atoms with E-state index in [0.717, 1.165) is 16.6 Å². The number of anilines is 1. The predicted molar refractivity (Wildman–Crippen MR) is 79.8 cm³/mol. The molecule has 1 N–H and O–H groups in total. The van der Waals surface area contributed by atoms with Gasteiger partial charge in [0.15, 0.2) is 0 Å². The number of hydrogen-bond acceptors (Lipinski definition) is 2. The SMILES string of the molecule is CC(Cl)C(C)(C)Nc1ccnc2cc(Cl)ccc12. The van der Waals surface area contributed by atoms with Crippen LogP contribution in [-0.4, -0.2) is 15.9 Å². The molecule has 2 rings (SSSR count). The molecule has 1 atom stereocenters. The van der Waals surface area contributed by atoms with E-state index in [9.17, 15) is 0 Å². The maximum atomic E-state index is 6.20. The Balaban J connectivity index is 2.46. The van der Waals surface area contributed by atoms with Crippen LogP contribution in [0.15, 0.2) is 30.5 Å². The molecular formula is C14H16Cl2N2. The lowest BCUT2D eigenvalue weighted by molar-refractivity contribution is 0.556. The van der Waals surface area contributed by atoms with E-state index in [2.05, 4.69) is 24.1 Å². The molecule has 1 aromatic heterocycles. The summed E-state index contributed by atoms with van der Waals surface area (Å²) in [5.74, 6) is 0. The number of hydrogen-bond donors (Lipinski definition) is 1. The highest BCUT2D eigenvalue weighted by Crippen LogP contribution is 2.28. The van der Waals surface area contributed by atoms with Crippen LogP contribution in [-0.2, 0) is 0 Å². The van der Waals surface area contributed by atoms with Crippen LogP contribution in [0, 0.1) is 0 Å². The van der Waals surface area contributed by atoms with Gasteiger partial charge in [0.05, 0.1) is 10.9 Å². The number of nitrogens with zero attached hydrogens (tertiary/aromatic N) is 1. The zero-order valence-electron chi connectivity index (χ0n) is 10.7. The average molecular weight is 283 g/mol. The first-order valence-corrected chi connectivity index (χ1v) is 6.68. The summed E-state index contributed by atoms with van der Waals surface area (Å²) in [5, 5.41) is 5.21. The fraction of sp³-hybridized carbons (Fsp3) is 0.357. The summed E-state index contributed by atoms with van der Waals surface area (Å²) in [7, 11) is 0. The Bertz CT molecular complexity index is 565. The van der Waals surface area contributed by atoms with Crippen molar-refractivity contribution in [3.05, 3.63) is 35.5 Å². The van der Waals surface area contributed by atoms with Crippen LogP contribution in [0.4, 0.5) is 5.69 Å². The monoisotopic (exact) mass is 282 g/mol. The zero-order chi connectivity index (χ0) is 13.3. The van der Waals surface area contributed by atoms with Gasteiger partial charge in [-0.15, -0.1) is 11.6 Å². The highest BCUT2D eigenvalue weighted by Gasteiger charge is 2.24. The van der Waals surface area contributed by atoms with Crippen molar-refractivity contribution in [3.63, 3.8) is 0 Å². The van der Waals surface area contributed by atoms with Gasteiger partial charge in [-0.2, -0.15) is 0 Å². The Morgan fingerprint density at radius 2 is 2.00 bits per heavy atom. The van der Waals surface area contributed by atoms with Crippen molar-refractivity contribution in [1.29, 1.82) is 0 Å². The molecule has 96 valence electrons. The first-order chi connectivity index (χ1) is 8.40. The first kappa shape index (κ1) is 13.4. The van der Waals surface area contributed by atoms with Crippen LogP contribution in [0.3, 0.4) is 0 Å². The lowest BCUT2D eigenvalue weighted by Crippen LogP contribution is -2.39. The Morgan fingerprint density at radius 1 is 1.28 bits per heavy atom. The third-order valence-electron chi connectivity index (χ3n) is 3.16. The molecule has 0 radical (unpaired) electrons. The summed E-state index contributed by atoms with van der Waals surface area (Å²) in [6.07, 6.45) is 1.77. The molecule has 0 fully saturated rings. The summed E-state index contributed by atoms with van der Waals surface area (Å²) in [6, 6.07) is 7.66. The van der Waals surface area contributed by atoms with Gasteiger partial charge >= 0.3 is 0 Å². The molecule has 1 aromatic carbocycles. The second kappa shape index (κ2) is 4.94. The molecule has 0 saturated heterocycles. The Hall–Kier alpha value is -0.990. The van der Waals surface area contributed by atoms with Gasteiger partial charge in [-0.1, -0.05) is 11.6 Å². The molecule has 2 aromatic rings. The summed E-state index contributed by atoms with van der Waals surface area (Å²) < 4.78 is 0. The molecule has 0 aliphatic carbocycles. The topological polar surface area (TPSA) is 24.9 Å². The number of fused-ring (bicyclic) bond motifs is 1. The van der Waals surface area contributed by atoms with E-state index in [4.69, 9.17) is 23.2 Å².